The topological polar surface area (TPSA) is 86.6 Å². The first-order valence-electron chi connectivity index (χ1n) is 14.2. The Bertz CT molecular complexity index is 1180. The Balaban J connectivity index is 1.77. The van der Waals surface area contributed by atoms with Crippen molar-refractivity contribution >= 4 is 11.7 Å². The zero-order valence-corrected chi connectivity index (χ0v) is 24.0. The number of aliphatic hydroxyl groups is 1. The molecular formula is C33H45NO4. The predicted molar refractivity (Wildman–Crippen MR) is 151 cm³/mol. The zero-order valence-electron chi connectivity index (χ0n) is 24.0. The Morgan fingerprint density at radius 2 is 1.87 bits per heavy atom. The molecule has 0 bridgehead atoms. The SMILES string of the molecule is CCC(C)C=C(C)C1C(C)=CC2(C)CC(C)CC(C)C2C1C(=O)C1=CC(O)(Cc2ccc(O)cc2)NC1=O. The van der Waals surface area contributed by atoms with Crippen molar-refractivity contribution in [1.29, 1.82) is 0 Å². The number of phenolic OH excluding ortho intramolecular Hbond substituents is 1. The van der Waals surface area contributed by atoms with Gasteiger partial charge < -0.3 is 15.5 Å². The van der Waals surface area contributed by atoms with Crippen LogP contribution in [0.2, 0.25) is 0 Å². The smallest absolute Gasteiger partial charge is 0.257 e. The van der Waals surface area contributed by atoms with E-state index in [-0.39, 0.29) is 46.7 Å². The number of hydrogen-bond donors (Lipinski definition) is 3. The number of ketones is 1. The lowest BCUT2D eigenvalue weighted by Gasteiger charge is -2.54. The van der Waals surface area contributed by atoms with E-state index in [9.17, 15) is 19.8 Å². The molecule has 1 fully saturated rings. The minimum Gasteiger partial charge on any atom is -0.508 e. The molecule has 0 radical (unpaired) electrons. The van der Waals surface area contributed by atoms with Crippen LogP contribution in [0.1, 0.15) is 73.3 Å². The molecule has 0 saturated heterocycles. The molecule has 1 heterocycles. The fourth-order valence-corrected chi connectivity index (χ4v) is 8.04. The maximum Gasteiger partial charge on any atom is 0.257 e. The van der Waals surface area contributed by atoms with Crippen LogP contribution in [0.4, 0.5) is 0 Å². The minimum atomic E-state index is -1.65. The first kappa shape index (κ1) is 28.4. The summed E-state index contributed by atoms with van der Waals surface area (Å²) < 4.78 is 0. The molecule has 3 aliphatic rings. The summed E-state index contributed by atoms with van der Waals surface area (Å²) in [4.78, 5) is 27.8. The van der Waals surface area contributed by atoms with Crippen molar-refractivity contribution in [3.63, 3.8) is 0 Å². The molecule has 2 aliphatic carbocycles. The van der Waals surface area contributed by atoms with Gasteiger partial charge in [-0.3, -0.25) is 9.59 Å². The van der Waals surface area contributed by atoms with E-state index in [2.05, 4.69) is 65.9 Å². The van der Waals surface area contributed by atoms with E-state index in [0.717, 1.165) is 24.8 Å². The fourth-order valence-electron chi connectivity index (χ4n) is 8.04. The highest BCUT2D eigenvalue weighted by Crippen LogP contribution is 2.58. The molecule has 1 aliphatic heterocycles. The van der Waals surface area contributed by atoms with Gasteiger partial charge in [0.2, 0.25) is 0 Å². The van der Waals surface area contributed by atoms with E-state index in [0.29, 0.717) is 17.8 Å². The lowest BCUT2D eigenvalue weighted by molar-refractivity contribution is -0.130. The average Bonchev–Trinajstić information content (AvgIpc) is 3.11. The number of aromatic hydroxyl groups is 1. The predicted octanol–water partition coefficient (Wildman–Crippen LogP) is 6.12. The first-order valence-corrected chi connectivity index (χ1v) is 14.2. The number of allylic oxidation sites excluding steroid dienone is 4. The molecule has 5 nitrogen and oxygen atoms in total. The van der Waals surface area contributed by atoms with E-state index < -0.39 is 11.6 Å². The van der Waals surface area contributed by atoms with Gasteiger partial charge in [-0.15, -0.1) is 0 Å². The molecule has 0 spiro atoms. The second kappa shape index (κ2) is 10.5. The van der Waals surface area contributed by atoms with E-state index in [1.54, 1.807) is 24.3 Å². The van der Waals surface area contributed by atoms with Gasteiger partial charge in [-0.25, -0.2) is 0 Å². The number of benzene rings is 1. The molecule has 5 heteroatoms. The molecule has 38 heavy (non-hydrogen) atoms. The Kier molecular flexibility index (Phi) is 7.82. The number of Topliss-reactive ketones (excluding diaryl/α,β-unsaturated/α-hetero) is 1. The fraction of sp³-hybridized carbons (Fsp3) is 0.576. The second-order valence-electron chi connectivity index (χ2n) is 12.9. The number of carbonyl (C=O) groups excluding carboxylic acids is 2. The van der Waals surface area contributed by atoms with Crippen LogP contribution in [-0.2, 0) is 16.0 Å². The van der Waals surface area contributed by atoms with Gasteiger partial charge in [0, 0.05) is 18.3 Å². The highest BCUT2D eigenvalue weighted by Gasteiger charge is 2.55. The van der Waals surface area contributed by atoms with Crippen molar-refractivity contribution in [2.24, 2.45) is 40.9 Å². The maximum absolute atomic E-state index is 14.5. The standard InChI is InChI=1S/C33H45NO4/c1-8-19(2)13-21(4)27-23(6)16-32(7)15-20(3)14-22(5)29(32)28(27)30(36)26-18-33(38,34-31(26)37)17-24-9-11-25(35)12-10-24/h9-13,16,18-20,22,27-29,35,38H,8,14-15,17H2,1-7H3,(H,34,37). The lowest BCUT2D eigenvalue weighted by atomic mass is 9.49. The summed E-state index contributed by atoms with van der Waals surface area (Å²) in [5.74, 6) is 0.464. The van der Waals surface area contributed by atoms with E-state index >= 15 is 0 Å². The minimum absolute atomic E-state index is 0.0649. The van der Waals surface area contributed by atoms with Gasteiger partial charge >= 0.3 is 0 Å². The van der Waals surface area contributed by atoms with Crippen LogP contribution in [-0.4, -0.2) is 27.6 Å². The number of hydrogen-bond acceptors (Lipinski definition) is 4. The third-order valence-electron chi connectivity index (χ3n) is 9.35. The van der Waals surface area contributed by atoms with Gasteiger partial charge in [-0.1, -0.05) is 76.5 Å². The van der Waals surface area contributed by atoms with Gasteiger partial charge in [0.25, 0.3) is 5.91 Å². The van der Waals surface area contributed by atoms with Gasteiger partial charge in [0.05, 0.1) is 5.57 Å². The van der Waals surface area contributed by atoms with E-state index in [1.807, 2.05) is 0 Å². The Hall–Kier alpha value is -2.66. The van der Waals surface area contributed by atoms with Crippen molar-refractivity contribution in [2.45, 2.75) is 79.9 Å². The van der Waals surface area contributed by atoms with Crippen molar-refractivity contribution in [2.75, 3.05) is 0 Å². The van der Waals surface area contributed by atoms with Crippen LogP contribution in [0.25, 0.3) is 0 Å². The van der Waals surface area contributed by atoms with Gasteiger partial charge in [-0.2, -0.15) is 0 Å². The van der Waals surface area contributed by atoms with E-state index in [1.165, 1.54) is 17.2 Å². The third kappa shape index (κ3) is 5.40. The van der Waals surface area contributed by atoms with Crippen molar-refractivity contribution < 1.29 is 19.8 Å². The van der Waals surface area contributed by atoms with Crippen LogP contribution in [0.5, 0.6) is 5.75 Å². The zero-order chi connectivity index (χ0) is 28.0. The molecule has 1 aromatic rings. The quantitative estimate of drug-likeness (QED) is 0.299. The van der Waals surface area contributed by atoms with Crippen LogP contribution in [0, 0.1) is 40.9 Å². The maximum atomic E-state index is 14.5. The number of rotatable bonds is 7. The van der Waals surface area contributed by atoms with Crippen LogP contribution in [0.3, 0.4) is 0 Å². The van der Waals surface area contributed by atoms with Crippen molar-refractivity contribution in [1.82, 2.24) is 5.32 Å². The van der Waals surface area contributed by atoms with Gasteiger partial charge in [-0.05, 0) is 79.5 Å². The molecule has 206 valence electrons. The van der Waals surface area contributed by atoms with Crippen LogP contribution >= 0.6 is 0 Å². The number of carbonyl (C=O) groups is 2. The Morgan fingerprint density at radius 1 is 1.21 bits per heavy atom. The molecular weight excluding hydrogens is 474 g/mol. The van der Waals surface area contributed by atoms with E-state index in [4.69, 9.17) is 0 Å². The van der Waals surface area contributed by atoms with Crippen molar-refractivity contribution in [3.05, 3.63) is 64.8 Å². The third-order valence-corrected chi connectivity index (χ3v) is 9.35. The molecule has 8 unspecified atom stereocenters. The highest BCUT2D eigenvalue weighted by atomic mass is 16.3. The monoisotopic (exact) mass is 519 g/mol. The summed E-state index contributed by atoms with van der Waals surface area (Å²) in [7, 11) is 0. The summed E-state index contributed by atoms with van der Waals surface area (Å²) >= 11 is 0. The Labute approximate surface area is 228 Å². The summed E-state index contributed by atoms with van der Waals surface area (Å²) in [6, 6.07) is 6.51. The molecule has 4 rings (SSSR count). The normalized spacial score (nSPS) is 36.2. The molecule has 3 N–H and O–H groups in total. The van der Waals surface area contributed by atoms with Gasteiger partial charge in [0.15, 0.2) is 11.5 Å². The number of phenols is 1. The molecule has 1 aromatic carbocycles. The summed E-state index contributed by atoms with van der Waals surface area (Å²) in [6.45, 7) is 15.5. The average molecular weight is 520 g/mol. The summed E-state index contributed by atoms with van der Waals surface area (Å²) in [6.07, 6.45) is 9.40. The summed E-state index contributed by atoms with van der Waals surface area (Å²) in [5, 5.41) is 23.6. The lowest BCUT2D eigenvalue weighted by Crippen LogP contribution is -2.51. The number of nitrogens with one attached hydrogen (secondary N) is 1. The number of amides is 1. The largest absolute Gasteiger partial charge is 0.508 e. The van der Waals surface area contributed by atoms with Crippen LogP contribution in [0.15, 0.2) is 59.2 Å². The molecule has 1 amide bonds. The Morgan fingerprint density at radius 3 is 2.50 bits per heavy atom. The molecule has 8 atom stereocenters. The first-order chi connectivity index (χ1) is 17.8. The highest BCUT2D eigenvalue weighted by molar-refractivity contribution is 6.22. The second-order valence-corrected chi connectivity index (χ2v) is 12.9. The van der Waals surface area contributed by atoms with Gasteiger partial charge in [0.1, 0.15) is 5.75 Å². The van der Waals surface area contributed by atoms with Crippen LogP contribution < -0.4 is 5.32 Å². The number of fused-ring (bicyclic) bond motifs is 1. The summed E-state index contributed by atoms with van der Waals surface area (Å²) in [5.41, 5.74) is 1.45. The molecule has 1 saturated carbocycles. The molecule has 0 aromatic heterocycles. The van der Waals surface area contributed by atoms with Crippen molar-refractivity contribution in [3.8, 4) is 5.75 Å².